The zero-order valence-electron chi connectivity index (χ0n) is 20.0. The molecule has 1 aromatic heterocycles. The van der Waals surface area contributed by atoms with E-state index in [4.69, 9.17) is 16.3 Å². The van der Waals surface area contributed by atoms with E-state index in [1.165, 1.54) is 18.0 Å². The number of hydrogen-bond donors (Lipinski definition) is 2. The van der Waals surface area contributed by atoms with E-state index in [-0.39, 0.29) is 23.8 Å². The van der Waals surface area contributed by atoms with Crippen LogP contribution in [0.15, 0.2) is 77.8 Å². The fourth-order valence-corrected chi connectivity index (χ4v) is 5.31. The van der Waals surface area contributed by atoms with Crippen LogP contribution < -0.4 is 15.4 Å². The van der Waals surface area contributed by atoms with E-state index in [0.717, 1.165) is 5.56 Å². The summed E-state index contributed by atoms with van der Waals surface area (Å²) in [5.74, 6) is -0.241. The van der Waals surface area contributed by atoms with Gasteiger partial charge in [0.25, 0.3) is 11.8 Å². The van der Waals surface area contributed by atoms with Crippen molar-refractivity contribution in [1.29, 1.82) is 0 Å². The SMILES string of the molecule is COc1c(C(=O)N[C@@H]2CCN(C(=O)C3(Cl)C=CC=C4NC=CN=C43)C[C@@H]2c2ccccc2)cnn1C. The van der Waals surface area contributed by atoms with E-state index >= 15 is 0 Å². The van der Waals surface area contributed by atoms with Gasteiger partial charge in [-0.1, -0.05) is 48.0 Å². The van der Waals surface area contributed by atoms with Crippen LogP contribution in [0.4, 0.5) is 0 Å². The van der Waals surface area contributed by atoms with Crippen LogP contribution >= 0.6 is 11.6 Å². The molecular formula is C26H27ClN6O3. The number of ether oxygens (including phenoxy) is 1. The lowest BCUT2D eigenvalue weighted by Gasteiger charge is -2.42. The normalized spacial score (nSPS) is 24.8. The first-order chi connectivity index (χ1) is 17.4. The van der Waals surface area contributed by atoms with E-state index in [1.54, 1.807) is 36.5 Å². The summed E-state index contributed by atoms with van der Waals surface area (Å²) in [5, 5.41) is 10.4. The smallest absolute Gasteiger partial charge is 0.258 e. The quantitative estimate of drug-likeness (QED) is 0.607. The van der Waals surface area contributed by atoms with Gasteiger partial charge < -0.3 is 20.3 Å². The zero-order chi connectivity index (χ0) is 25.3. The summed E-state index contributed by atoms with van der Waals surface area (Å²) in [6.45, 7) is 0.838. The second-order valence-corrected chi connectivity index (χ2v) is 9.51. The van der Waals surface area contributed by atoms with E-state index < -0.39 is 4.87 Å². The van der Waals surface area contributed by atoms with Gasteiger partial charge in [-0.3, -0.25) is 14.6 Å². The van der Waals surface area contributed by atoms with Crippen LogP contribution in [0.2, 0.25) is 0 Å². The number of aromatic nitrogens is 2. The van der Waals surface area contributed by atoms with Crippen molar-refractivity contribution in [3.8, 4) is 5.88 Å². The molecule has 1 unspecified atom stereocenters. The van der Waals surface area contributed by atoms with E-state index in [9.17, 15) is 9.59 Å². The lowest BCUT2D eigenvalue weighted by molar-refractivity contribution is -0.132. The largest absolute Gasteiger partial charge is 0.481 e. The lowest BCUT2D eigenvalue weighted by atomic mass is 9.84. The Kier molecular flexibility index (Phi) is 6.40. The highest BCUT2D eigenvalue weighted by molar-refractivity contribution is 6.51. The maximum Gasteiger partial charge on any atom is 0.258 e. The summed E-state index contributed by atoms with van der Waals surface area (Å²) in [4.78, 5) is 31.7. The highest BCUT2D eigenvalue weighted by atomic mass is 35.5. The Hall–Kier alpha value is -3.85. The third-order valence-corrected chi connectivity index (χ3v) is 7.25. The number of amides is 2. The average molecular weight is 507 g/mol. The lowest BCUT2D eigenvalue weighted by Crippen LogP contribution is -2.57. The molecule has 5 rings (SSSR count). The van der Waals surface area contributed by atoms with Gasteiger partial charge in [-0.25, -0.2) is 4.68 Å². The number of halogens is 1. The van der Waals surface area contributed by atoms with Gasteiger partial charge in [-0.2, -0.15) is 5.10 Å². The van der Waals surface area contributed by atoms with Crippen LogP contribution in [0, 0.1) is 0 Å². The topological polar surface area (TPSA) is 101 Å². The first-order valence-electron chi connectivity index (χ1n) is 11.7. The van der Waals surface area contributed by atoms with Crippen LogP contribution in [0.5, 0.6) is 5.88 Å². The van der Waals surface area contributed by atoms with Gasteiger partial charge in [0, 0.05) is 44.5 Å². The molecule has 1 aromatic carbocycles. The molecule has 9 nitrogen and oxygen atoms in total. The fourth-order valence-electron chi connectivity index (χ4n) is 4.97. The predicted octanol–water partition coefficient (Wildman–Crippen LogP) is 2.49. The third-order valence-electron chi connectivity index (χ3n) is 6.78. The number of fused-ring (bicyclic) bond motifs is 1. The number of likely N-dealkylation sites (tertiary alicyclic amines) is 1. The number of piperidine rings is 1. The highest BCUT2D eigenvalue weighted by Gasteiger charge is 2.47. The molecule has 3 atom stereocenters. The molecule has 3 heterocycles. The number of methoxy groups -OCH3 is 1. The van der Waals surface area contributed by atoms with Crippen molar-refractivity contribution in [2.24, 2.45) is 12.0 Å². The van der Waals surface area contributed by atoms with E-state index in [1.807, 2.05) is 36.4 Å². The molecule has 1 fully saturated rings. The minimum atomic E-state index is -1.40. The number of benzene rings is 1. The number of rotatable bonds is 5. The van der Waals surface area contributed by atoms with Crippen LogP contribution in [-0.2, 0) is 11.8 Å². The van der Waals surface area contributed by atoms with Crippen molar-refractivity contribution in [2.45, 2.75) is 23.3 Å². The van der Waals surface area contributed by atoms with E-state index in [0.29, 0.717) is 42.4 Å². The average Bonchev–Trinajstić information content (AvgIpc) is 3.29. The molecule has 2 aliphatic heterocycles. The molecule has 1 saturated heterocycles. The Morgan fingerprint density at radius 3 is 2.86 bits per heavy atom. The summed E-state index contributed by atoms with van der Waals surface area (Å²) < 4.78 is 6.87. The van der Waals surface area contributed by atoms with Gasteiger partial charge in [0.2, 0.25) is 5.88 Å². The molecule has 0 saturated carbocycles. The molecule has 186 valence electrons. The molecule has 0 spiro atoms. The monoisotopic (exact) mass is 506 g/mol. The number of aryl methyl sites for hydroxylation is 1. The van der Waals surface area contributed by atoms with Gasteiger partial charge in [-0.15, -0.1) is 0 Å². The van der Waals surface area contributed by atoms with E-state index in [2.05, 4.69) is 20.7 Å². The molecule has 36 heavy (non-hydrogen) atoms. The van der Waals surface area contributed by atoms with Crippen molar-refractivity contribution >= 4 is 29.1 Å². The number of aliphatic imine (C=N–C) groups is 1. The fraction of sp³-hybridized carbons (Fsp3) is 0.308. The summed E-state index contributed by atoms with van der Waals surface area (Å²) in [6, 6.07) is 9.68. The third kappa shape index (κ3) is 4.19. The standard InChI is InChI=1S/C26H27ClN6O3/c1-32-24(36-2)18(15-30-32)23(34)31-20-10-14-33(16-19(20)17-7-4-3-5-8-17)25(35)26(27)11-6-9-21-22(26)29-13-12-28-21/h3-9,11-13,15,19-20,28H,10,14,16H2,1-2H3,(H,31,34)/t19-,20-,26?/m1/s1. The van der Waals surface area contributed by atoms with Gasteiger partial charge >= 0.3 is 0 Å². The van der Waals surface area contributed by atoms with Crippen LogP contribution in [0.1, 0.15) is 28.3 Å². The molecule has 3 aliphatic rings. The number of nitrogens with one attached hydrogen (secondary N) is 2. The van der Waals surface area contributed by atoms with Crippen molar-refractivity contribution < 1.29 is 14.3 Å². The molecule has 0 radical (unpaired) electrons. The second-order valence-electron chi connectivity index (χ2n) is 8.92. The molecule has 1 aliphatic carbocycles. The first kappa shape index (κ1) is 23.9. The Bertz CT molecular complexity index is 1300. The number of alkyl halides is 1. The summed E-state index contributed by atoms with van der Waals surface area (Å²) >= 11 is 6.95. The first-order valence-corrected chi connectivity index (χ1v) is 12.1. The maximum atomic E-state index is 13.8. The maximum absolute atomic E-state index is 13.8. The van der Waals surface area contributed by atoms with Crippen molar-refractivity contribution in [3.63, 3.8) is 0 Å². The summed E-state index contributed by atoms with van der Waals surface area (Å²) in [7, 11) is 3.23. The van der Waals surface area contributed by atoms with Gasteiger partial charge in [0.05, 0.1) is 24.7 Å². The molecular weight excluding hydrogens is 480 g/mol. The summed E-state index contributed by atoms with van der Waals surface area (Å²) in [6.07, 6.45) is 10.6. The Morgan fingerprint density at radius 1 is 1.28 bits per heavy atom. The van der Waals surface area contributed by atoms with Crippen LogP contribution in [0.25, 0.3) is 0 Å². The number of allylic oxidation sites excluding steroid dienone is 3. The van der Waals surface area contributed by atoms with Crippen LogP contribution in [0.3, 0.4) is 0 Å². The number of nitrogens with zero attached hydrogens (tertiary/aromatic N) is 4. The summed E-state index contributed by atoms with van der Waals surface area (Å²) in [5.41, 5.74) is 2.58. The van der Waals surface area contributed by atoms with Crippen molar-refractivity contribution in [2.75, 3.05) is 20.2 Å². The highest BCUT2D eigenvalue weighted by Crippen LogP contribution is 2.34. The Labute approximate surface area is 214 Å². The minimum Gasteiger partial charge on any atom is -0.481 e. The second kappa shape index (κ2) is 9.66. The minimum absolute atomic E-state index is 0.135. The zero-order valence-corrected chi connectivity index (χ0v) is 20.8. The molecule has 0 bridgehead atoms. The molecule has 2 aromatic rings. The molecule has 2 amide bonds. The van der Waals surface area contributed by atoms with Gasteiger partial charge in [-0.05, 0) is 24.1 Å². The predicted molar refractivity (Wildman–Crippen MR) is 137 cm³/mol. The Morgan fingerprint density at radius 2 is 2.08 bits per heavy atom. The molecule has 10 heteroatoms. The van der Waals surface area contributed by atoms with Crippen molar-refractivity contribution in [3.05, 3.63) is 84.0 Å². The number of hydrogen-bond acceptors (Lipinski definition) is 6. The van der Waals surface area contributed by atoms with Gasteiger partial charge in [0.15, 0.2) is 4.87 Å². The van der Waals surface area contributed by atoms with Crippen molar-refractivity contribution in [1.82, 2.24) is 25.3 Å². The Balaban J connectivity index is 1.40. The van der Waals surface area contributed by atoms with Crippen LogP contribution in [-0.4, -0.2) is 63.3 Å². The van der Waals surface area contributed by atoms with Gasteiger partial charge in [0.1, 0.15) is 5.56 Å². The molecule has 2 N–H and O–H groups in total. The number of carbonyl (C=O) groups is 2. The number of carbonyl (C=O) groups excluding carboxylic acids is 2.